The van der Waals surface area contributed by atoms with Crippen LogP contribution in [0.25, 0.3) is 0 Å². The Kier molecular flexibility index (Phi) is 7.20. The average molecular weight is 490 g/mol. The summed E-state index contributed by atoms with van der Waals surface area (Å²) in [5, 5.41) is 7.33. The highest BCUT2D eigenvalue weighted by Gasteiger charge is 2.36. The first-order valence-electron chi connectivity index (χ1n) is 11.1. The number of fused-ring (bicyclic) bond motifs is 1. The number of carbonyl (C=O) groups excluding carboxylic acids is 1. The number of hydrogen-bond donors (Lipinski definition) is 1. The van der Waals surface area contributed by atoms with E-state index in [0.717, 1.165) is 17.7 Å². The van der Waals surface area contributed by atoms with Gasteiger partial charge in [-0.15, -0.1) is 0 Å². The standard InChI is InChI=1S/C23H26F3N7O2/c1-4-18-22(34)31(2)19-11-28-23(30-21(19)33(18)5-6-35-3)27-9-15-10-29-32(13-15)12-14-7-16(24)20(26)17(25)8-14/h7-8,10-11,13,18H,4-6,9,12H2,1-3H3,(H,27,28,30)/t18-/m0/s1. The highest BCUT2D eigenvalue weighted by molar-refractivity contribution is 6.04. The maximum Gasteiger partial charge on any atom is 0.249 e. The van der Waals surface area contributed by atoms with Gasteiger partial charge in [0.25, 0.3) is 0 Å². The molecule has 2 aromatic heterocycles. The molecule has 3 heterocycles. The maximum absolute atomic E-state index is 13.5. The number of ether oxygens (including phenoxy) is 1. The van der Waals surface area contributed by atoms with Crippen LogP contribution in [0, 0.1) is 17.5 Å². The molecule has 4 rings (SSSR count). The number of carbonyl (C=O) groups is 1. The fourth-order valence-corrected chi connectivity index (χ4v) is 4.02. The Labute approximate surface area is 200 Å². The Hall–Kier alpha value is -3.67. The van der Waals surface area contributed by atoms with E-state index in [1.807, 2.05) is 11.8 Å². The van der Waals surface area contributed by atoms with Gasteiger partial charge in [0, 0.05) is 39.0 Å². The summed E-state index contributed by atoms with van der Waals surface area (Å²) in [5.41, 5.74) is 1.65. The van der Waals surface area contributed by atoms with Crippen LogP contribution < -0.4 is 15.1 Å². The molecule has 1 aromatic carbocycles. The summed E-state index contributed by atoms with van der Waals surface area (Å²) in [6.45, 7) is 3.33. The average Bonchev–Trinajstić information content (AvgIpc) is 3.29. The number of anilines is 3. The third-order valence-electron chi connectivity index (χ3n) is 5.82. The van der Waals surface area contributed by atoms with Gasteiger partial charge in [0.1, 0.15) is 11.7 Å². The van der Waals surface area contributed by atoms with Crippen LogP contribution in [0.2, 0.25) is 0 Å². The molecule has 186 valence electrons. The molecule has 0 fully saturated rings. The third kappa shape index (κ3) is 5.06. The summed E-state index contributed by atoms with van der Waals surface area (Å²) < 4.78 is 46.8. The van der Waals surface area contributed by atoms with Gasteiger partial charge in [-0.05, 0) is 24.1 Å². The van der Waals surface area contributed by atoms with Crippen molar-refractivity contribution in [2.24, 2.45) is 0 Å². The molecular weight excluding hydrogens is 463 g/mol. The van der Waals surface area contributed by atoms with Crippen LogP contribution >= 0.6 is 0 Å². The highest BCUT2D eigenvalue weighted by atomic mass is 19.2. The lowest BCUT2D eigenvalue weighted by molar-refractivity contribution is -0.120. The number of halogens is 3. The molecule has 0 bridgehead atoms. The maximum atomic E-state index is 13.5. The third-order valence-corrected chi connectivity index (χ3v) is 5.82. The fourth-order valence-electron chi connectivity index (χ4n) is 4.02. The minimum atomic E-state index is -1.49. The lowest BCUT2D eigenvalue weighted by atomic mass is 10.1. The Morgan fingerprint density at radius 3 is 2.57 bits per heavy atom. The molecule has 0 spiro atoms. The molecule has 0 aliphatic carbocycles. The second-order valence-electron chi connectivity index (χ2n) is 8.18. The molecule has 35 heavy (non-hydrogen) atoms. The van der Waals surface area contributed by atoms with E-state index in [1.54, 1.807) is 37.6 Å². The second kappa shape index (κ2) is 10.3. The zero-order valence-corrected chi connectivity index (χ0v) is 19.6. The molecule has 1 atom stereocenters. The Bertz CT molecular complexity index is 1200. The predicted octanol–water partition coefficient (Wildman–Crippen LogP) is 2.96. The summed E-state index contributed by atoms with van der Waals surface area (Å²) >= 11 is 0. The van der Waals surface area contributed by atoms with Crippen molar-refractivity contribution in [3.63, 3.8) is 0 Å². The van der Waals surface area contributed by atoms with E-state index in [9.17, 15) is 18.0 Å². The van der Waals surface area contributed by atoms with Gasteiger partial charge in [0.05, 0.1) is 25.5 Å². The van der Waals surface area contributed by atoms with Gasteiger partial charge in [-0.25, -0.2) is 18.2 Å². The Morgan fingerprint density at radius 2 is 1.89 bits per heavy atom. The molecule has 1 aliphatic heterocycles. The summed E-state index contributed by atoms with van der Waals surface area (Å²) in [6, 6.07) is 1.55. The van der Waals surface area contributed by atoms with Crippen molar-refractivity contribution < 1.29 is 22.7 Å². The van der Waals surface area contributed by atoms with Crippen LogP contribution in [0.3, 0.4) is 0 Å². The molecule has 12 heteroatoms. The van der Waals surface area contributed by atoms with Gasteiger partial charge in [0.15, 0.2) is 23.3 Å². The molecule has 3 aromatic rings. The van der Waals surface area contributed by atoms with Crippen LogP contribution in [0.15, 0.2) is 30.7 Å². The van der Waals surface area contributed by atoms with Crippen molar-refractivity contribution in [3.8, 4) is 0 Å². The van der Waals surface area contributed by atoms with E-state index in [1.165, 1.54) is 4.68 Å². The zero-order chi connectivity index (χ0) is 25.1. The van der Waals surface area contributed by atoms with Crippen molar-refractivity contribution in [1.29, 1.82) is 0 Å². The summed E-state index contributed by atoms with van der Waals surface area (Å²) in [6.07, 6.45) is 5.54. The summed E-state index contributed by atoms with van der Waals surface area (Å²) in [4.78, 5) is 25.3. The van der Waals surface area contributed by atoms with E-state index in [4.69, 9.17) is 4.74 Å². The van der Waals surface area contributed by atoms with E-state index >= 15 is 0 Å². The number of aromatic nitrogens is 4. The van der Waals surface area contributed by atoms with E-state index in [0.29, 0.717) is 43.6 Å². The van der Waals surface area contributed by atoms with E-state index in [-0.39, 0.29) is 24.1 Å². The first kappa shape index (κ1) is 24.5. The SMILES string of the molecule is CC[C@H]1C(=O)N(C)c2cnc(NCc3cnn(Cc4cc(F)c(F)c(F)c4)c3)nc2N1CCOC. The molecule has 1 amide bonds. The van der Waals surface area contributed by atoms with Crippen LogP contribution in [0.4, 0.5) is 30.6 Å². The quantitative estimate of drug-likeness (QED) is 0.463. The van der Waals surface area contributed by atoms with Crippen molar-refractivity contribution in [3.05, 3.63) is 59.3 Å². The van der Waals surface area contributed by atoms with Crippen LogP contribution in [0.5, 0.6) is 0 Å². The predicted molar refractivity (Wildman–Crippen MR) is 124 cm³/mol. The molecule has 0 radical (unpaired) electrons. The Balaban J connectivity index is 1.47. The number of nitrogens with one attached hydrogen (secondary N) is 1. The number of amides is 1. The second-order valence-corrected chi connectivity index (χ2v) is 8.18. The van der Waals surface area contributed by atoms with Crippen LogP contribution in [-0.2, 0) is 22.6 Å². The number of hydrogen-bond acceptors (Lipinski definition) is 7. The van der Waals surface area contributed by atoms with Gasteiger partial charge in [-0.1, -0.05) is 6.92 Å². The molecule has 0 saturated carbocycles. The zero-order valence-electron chi connectivity index (χ0n) is 19.6. The first-order valence-corrected chi connectivity index (χ1v) is 11.1. The Morgan fingerprint density at radius 1 is 1.14 bits per heavy atom. The van der Waals surface area contributed by atoms with Crippen molar-refractivity contribution in [2.75, 3.05) is 42.4 Å². The van der Waals surface area contributed by atoms with Gasteiger partial charge in [0.2, 0.25) is 11.9 Å². The van der Waals surface area contributed by atoms with Gasteiger partial charge in [-0.3, -0.25) is 9.48 Å². The molecule has 0 saturated heterocycles. The number of rotatable bonds is 9. The molecule has 1 aliphatic rings. The monoisotopic (exact) mass is 489 g/mol. The van der Waals surface area contributed by atoms with E-state index in [2.05, 4.69) is 20.4 Å². The van der Waals surface area contributed by atoms with Gasteiger partial charge in [-0.2, -0.15) is 10.1 Å². The van der Waals surface area contributed by atoms with Crippen molar-refractivity contribution in [2.45, 2.75) is 32.5 Å². The minimum absolute atomic E-state index is 0.0197. The van der Waals surface area contributed by atoms with Crippen molar-refractivity contribution in [1.82, 2.24) is 19.7 Å². The number of methoxy groups -OCH3 is 1. The fraction of sp³-hybridized carbons (Fsp3) is 0.391. The lowest BCUT2D eigenvalue weighted by Crippen LogP contribution is -2.53. The largest absolute Gasteiger partial charge is 0.383 e. The molecule has 1 N–H and O–H groups in total. The molecular formula is C23H26F3N7O2. The van der Waals surface area contributed by atoms with Gasteiger partial charge >= 0.3 is 0 Å². The smallest absolute Gasteiger partial charge is 0.249 e. The first-order chi connectivity index (χ1) is 16.8. The normalized spacial score (nSPS) is 15.5. The summed E-state index contributed by atoms with van der Waals surface area (Å²) in [5.74, 6) is -2.98. The van der Waals surface area contributed by atoms with Crippen LogP contribution in [0.1, 0.15) is 24.5 Å². The number of benzene rings is 1. The molecule has 9 nitrogen and oxygen atoms in total. The van der Waals surface area contributed by atoms with Crippen LogP contribution in [-0.4, -0.2) is 59.0 Å². The van der Waals surface area contributed by atoms with Gasteiger partial charge < -0.3 is 19.9 Å². The number of likely N-dealkylation sites (N-methyl/N-ethyl adjacent to an activating group) is 1. The van der Waals surface area contributed by atoms with E-state index < -0.39 is 17.5 Å². The lowest BCUT2D eigenvalue weighted by Gasteiger charge is -2.40. The topological polar surface area (TPSA) is 88.4 Å². The highest BCUT2D eigenvalue weighted by Crippen LogP contribution is 2.34. The summed E-state index contributed by atoms with van der Waals surface area (Å²) in [7, 11) is 3.32. The van der Waals surface area contributed by atoms with Crippen molar-refractivity contribution >= 4 is 23.4 Å². The number of nitrogens with zero attached hydrogens (tertiary/aromatic N) is 6. The molecule has 0 unspecified atom stereocenters. The minimum Gasteiger partial charge on any atom is -0.383 e.